The molecule has 0 saturated heterocycles. The summed E-state index contributed by atoms with van der Waals surface area (Å²) in [6, 6.07) is 6.75. The summed E-state index contributed by atoms with van der Waals surface area (Å²) in [6.45, 7) is 0. The number of hydrogen-bond acceptors (Lipinski definition) is 4. The molecule has 6 heteroatoms. The Balaban J connectivity index is 2.28. The topological polar surface area (TPSA) is 77.2 Å². The number of methoxy groups -OCH3 is 1. The molecule has 0 bridgehead atoms. The minimum absolute atomic E-state index is 0.302. The first-order chi connectivity index (χ1) is 9.13. The predicted octanol–water partition coefficient (Wildman–Crippen LogP) is 2.69. The van der Waals surface area contributed by atoms with Crippen LogP contribution in [0, 0.1) is 0 Å². The second-order valence-electron chi connectivity index (χ2n) is 3.73. The molecule has 0 spiro atoms. The Kier molecular flexibility index (Phi) is 4.01. The summed E-state index contributed by atoms with van der Waals surface area (Å²) in [5.41, 5.74) is 7.18. The van der Waals surface area contributed by atoms with Crippen molar-refractivity contribution in [3.63, 3.8) is 0 Å². The number of nitrogens with one attached hydrogen (secondary N) is 1. The zero-order valence-electron chi connectivity index (χ0n) is 10.2. The first kappa shape index (κ1) is 13.4. The molecule has 5 nitrogen and oxygen atoms in total. The number of carbonyl (C=O) groups excluding carboxylic acids is 1. The van der Waals surface area contributed by atoms with E-state index in [9.17, 15) is 4.79 Å². The third-order valence-corrected chi connectivity index (χ3v) is 3.18. The highest BCUT2D eigenvalue weighted by molar-refractivity contribution is 9.10. The molecule has 0 aliphatic heterocycles. The molecule has 2 rings (SSSR count). The van der Waals surface area contributed by atoms with Gasteiger partial charge in [0, 0.05) is 12.4 Å². The van der Waals surface area contributed by atoms with Crippen molar-refractivity contribution in [3.05, 3.63) is 46.7 Å². The van der Waals surface area contributed by atoms with E-state index in [1.807, 2.05) is 0 Å². The molecule has 2 aromatic rings. The number of nitrogens with zero attached hydrogens (tertiary/aromatic N) is 1. The summed E-state index contributed by atoms with van der Waals surface area (Å²) in [6.07, 6.45) is 3.19. The van der Waals surface area contributed by atoms with E-state index in [0.29, 0.717) is 27.2 Å². The second kappa shape index (κ2) is 5.71. The van der Waals surface area contributed by atoms with Gasteiger partial charge in [0.05, 0.1) is 28.5 Å². The van der Waals surface area contributed by atoms with Gasteiger partial charge in [0.15, 0.2) is 0 Å². The SMILES string of the molecule is COc1cccc(C(=O)Nc2ccncc2Br)c1N. The molecule has 98 valence electrons. The summed E-state index contributed by atoms with van der Waals surface area (Å²) in [7, 11) is 1.51. The number of hydrogen-bond donors (Lipinski definition) is 2. The van der Waals surface area contributed by atoms with Crippen LogP contribution in [0.25, 0.3) is 0 Å². The first-order valence-corrected chi connectivity index (χ1v) is 6.26. The van der Waals surface area contributed by atoms with E-state index in [4.69, 9.17) is 10.5 Å². The number of nitrogens with two attached hydrogens (primary N) is 1. The maximum absolute atomic E-state index is 12.2. The number of nitrogen functional groups attached to an aromatic ring is 1. The lowest BCUT2D eigenvalue weighted by molar-refractivity contribution is 0.102. The number of benzene rings is 1. The molecule has 0 unspecified atom stereocenters. The Hall–Kier alpha value is -2.08. The normalized spacial score (nSPS) is 10.0. The van der Waals surface area contributed by atoms with Gasteiger partial charge in [0.25, 0.3) is 5.91 Å². The van der Waals surface area contributed by atoms with Crippen LogP contribution in [0.15, 0.2) is 41.1 Å². The van der Waals surface area contributed by atoms with Crippen LogP contribution < -0.4 is 15.8 Å². The third-order valence-electron chi connectivity index (χ3n) is 2.55. The van der Waals surface area contributed by atoms with Gasteiger partial charge in [0.2, 0.25) is 0 Å². The number of ether oxygens (including phenoxy) is 1. The van der Waals surface area contributed by atoms with Gasteiger partial charge in [-0.15, -0.1) is 0 Å². The average Bonchev–Trinajstić information content (AvgIpc) is 2.41. The van der Waals surface area contributed by atoms with Crippen LogP contribution in [0.2, 0.25) is 0 Å². The molecule has 19 heavy (non-hydrogen) atoms. The Bertz CT molecular complexity index is 617. The smallest absolute Gasteiger partial charge is 0.257 e. The van der Waals surface area contributed by atoms with Crippen molar-refractivity contribution in [1.82, 2.24) is 4.98 Å². The number of halogens is 1. The quantitative estimate of drug-likeness (QED) is 0.852. The van der Waals surface area contributed by atoms with Crippen molar-refractivity contribution in [1.29, 1.82) is 0 Å². The highest BCUT2D eigenvalue weighted by Crippen LogP contribution is 2.26. The molecular formula is C13H12BrN3O2. The molecule has 1 heterocycles. The summed E-state index contributed by atoms with van der Waals surface area (Å²) >= 11 is 3.31. The third kappa shape index (κ3) is 2.85. The Morgan fingerprint density at radius 1 is 1.42 bits per heavy atom. The van der Waals surface area contributed by atoms with Crippen LogP contribution in [-0.4, -0.2) is 18.0 Å². The van der Waals surface area contributed by atoms with Crippen molar-refractivity contribution in [2.24, 2.45) is 0 Å². The van der Waals surface area contributed by atoms with E-state index < -0.39 is 0 Å². The van der Waals surface area contributed by atoms with Crippen LogP contribution >= 0.6 is 15.9 Å². The molecule has 0 radical (unpaired) electrons. The van der Waals surface area contributed by atoms with Crippen molar-refractivity contribution in [2.45, 2.75) is 0 Å². The Morgan fingerprint density at radius 2 is 2.21 bits per heavy atom. The lowest BCUT2D eigenvalue weighted by Crippen LogP contribution is -2.14. The number of carbonyl (C=O) groups is 1. The number of amides is 1. The van der Waals surface area contributed by atoms with E-state index in [1.165, 1.54) is 7.11 Å². The zero-order chi connectivity index (χ0) is 13.8. The van der Waals surface area contributed by atoms with Crippen molar-refractivity contribution < 1.29 is 9.53 Å². The molecule has 1 aromatic carbocycles. The summed E-state index contributed by atoms with van der Waals surface area (Å²) in [5.74, 6) is 0.171. The zero-order valence-corrected chi connectivity index (χ0v) is 11.8. The molecular weight excluding hydrogens is 310 g/mol. The molecule has 0 fully saturated rings. The van der Waals surface area contributed by atoms with Gasteiger partial charge in [0.1, 0.15) is 5.75 Å². The molecule has 3 N–H and O–H groups in total. The number of aromatic nitrogens is 1. The molecule has 1 aromatic heterocycles. The fraction of sp³-hybridized carbons (Fsp3) is 0.0769. The fourth-order valence-corrected chi connectivity index (χ4v) is 1.94. The first-order valence-electron chi connectivity index (χ1n) is 5.47. The minimum Gasteiger partial charge on any atom is -0.495 e. The van der Waals surface area contributed by atoms with E-state index in [-0.39, 0.29) is 5.91 Å². The van der Waals surface area contributed by atoms with E-state index in [0.717, 1.165) is 0 Å². The van der Waals surface area contributed by atoms with Crippen LogP contribution in [0.1, 0.15) is 10.4 Å². The predicted molar refractivity (Wildman–Crippen MR) is 77.3 cm³/mol. The van der Waals surface area contributed by atoms with Gasteiger partial charge in [-0.2, -0.15) is 0 Å². The molecule has 1 amide bonds. The average molecular weight is 322 g/mol. The second-order valence-corrected chi connectivity index (χ2v) is 4.59. The van der Waals surface area contributed by atoms with Crippen LogP contribution in [0.3, 0.4) is 0 Å². The van der Waals surface area contributed by atoms with Crippen LogP contribution in [0.5, 0.6) is 5.75 Å². The van der Waals surface area contributed by atoms with Gasteiger partial charge < -0.3 is 15.8 Å². The lowest BCUT2D eigenvalue weighted by atomic mass is 10.1. The highest BCUT2D eigenvalue weighted by atomic mass is 79.9. The molecule has 0 atom stereocenters. The van der Waals surface area contributed by atoms with Crippen LogP contribution in [-0.2, 0) is 0 Å². The molecule has 0 aliphatic rings. The van der Waals surface area contributed by atoms with Gasteiger partial charge in [-0.3, -0.25) is 9.78 Å². The molecule has 0 saturated carbocycles. The van der Waals surface area contributed by atoms with Crippen LogP contribution in [0.4, 0.5) is 11.4 Å². The molecule has 0 aliphatic carbocycles. The lowest BCUT2D eigenvalue weighted by Gasteiger charge is -2.11. The fourth-order valence-electron chi connectivity index (χ4n) is 1.59. The Morgan fingerprint density at radius 3 is 2.89 bits per heavy atom. The monoisotopic (exact) mass is 321 g/mol. The highest BCUT2D eigenvalue weighted by Gasteiger charge is 2.14. The van der Waals surface area contributed by atoms with Gasteiger partial charge in [-0.1, -0.05) is 6.07 Å². The number of pyridine rings is 1. The standard InChI is InChI=1S/C13H12BrN3O2/c1-19-11-4-2-3-8(12(11)15)13(18)17-10-5-6-16-7-9(10)14/h2-7H,15H2,1H3,(H,16,17,18). The van der Waals surface area contributed by atoms with E-state index >= 15 is 0 Å². The number of para-hydroxylation sites is 1. The minimum atomic E-state index is -0.302. The van der Waals surface area contributed by atoms with Crippen molar-refractivity contribution >= 4 is 33.2 Å². The summed E-state index contributed by atoms with van der Waals surface area (Å²) < 4.78 is 5.78. The Labute approximate surface area is 118 Å². The number of rotatable bonds is 3. The maximum atomic E-state index is 12.2. The number of anilines is 2. The van der Waals surface area contributed by atoms with Crippen molar-refractivity contribution in [2.75, 3.05) is 18.2 Å². The van der Waals surface area contributed by atoms with E-state index in [2.05, 4.69) is 26.2 Å². The largest absolute Gasteiger partial charge is 0.495 e. The van der Waals surface area contributed by atoms with E-state index in [1.54, 1.807) is 36.7 Å². The van der Waals surface area contributed by atoms with Gasteiger partial charge >= 0.3 is 0 Å². The van der Waals surface area contributed by atoms with Gasteiger partial charge in [-0.05, 0) is 34.1 Å². The van der Waals surface area contributed by atoms with Crippen molar-refractivity contribution in [3.8, 4) is 5.75 Å². The summed E-state index contributed by atoms with van der Waals surface area (Å²) in [5, 5.41) is 2.76. The maximum Gasteiger partial charge on any atom is 0.257 e. The van der Waals surface area contributed by atoms with Gasteiger partial charge in [-0.25, -0.2) is 0 Å². The summed E-state index contributed by atoms with van der Waals surface area (Å²) in [4.78, 5) is 16.1.